The standard InChI is InChI=1S/C22H38O6Si/c1-10-25-19(24)22(18(23)17-14-26-21(6,7)27-17)13-16(12-11-15(22)2)28-29(8,9)20(3,4)5/h11-13,15,17-18,23H,10,14H2,1-9H3/t15-,17-,18-,22+/m1/s1. The number of allylic oxidation sites excluding steroid dienone is 2. The average molecular weight is 427 g/mol. The number of hydrogen-bond acceptors (Lipinski definition) is 6. The first-order chi connectivity index (χ1) is 13.2. The van der Waals surface area contributed by atoms with Gasteiger partial charge in [0.1, 0.15) is 17.6 Å². The van der Waals surface area contributed by atoms with Gasteiger partial charge in [-0.05, 0) is 57.0 Å². The lowest BCUT2D eigenvalue weighted by atomic mass is 9.67. The number of hydrogen-bond donors (Lipinski definition) is 1. The van der Waals surface area contributed by atoms with Crippen LogP contribution in [-0.2, 0) is 23.4 Å². The van der Waals surface area contributed by atoms with Gasteiger partial charge in [0.2, 0.25) is 8.32 Å². The maximum absolute atomic E-state index is 13.2. The summed E-state index contributed by atoms with van der Waals surface area (Å²) in [6, 6.07) is 0. The van der Waals surface area contributed by atoms with Crippen molar-refractivity contribution in [1.29, 1.82) is 0 Å². The molecular weight excluding hydrogens is 388 g/mol. The number of carbonyl (C=O) groups excluding carboxylic acids is 1. The van der Waals surface area contributed by atoms with Crippen LogP contribution in [0.25, 0.3) is 0 Å². The highest BCUT2D eigenvalue weighted by Gasteiger charge is 2.55. The Hall–Kier alpha value is -1.15. The Labute approximate surface area is 176 Å². The van der Waals surface area contributed by atoms with E-state index in [2.05, 4.69) is 33.9 Å². The van der Waals surface area contributed by atoms with E-state index in [1.807, 2.05) is 19.1 Å². The molecule has 0 amide bonds. The van der Waals surface area contributed by atoms with Crippen LogP contribution in [0.15, 0.2) is 24.0 Å². The largest absolute Gasteiger partial charge is 0.544 e. The third-order valence-electron chi connectivity index (χ3n) is 6.36. The highest BCUT2D eigenvalue weighted by Crippen LogP contribution is 2.46. The van der Waals surface area contributed by atoms with Crippen molar-refractivity contribution in [1.82, 2.24) is 0 Å². The van der Waals surface area contributed by atoms with Gasteiger partial charge in [-0.2, -0.15) is 0 Å². The molecule has 1 heterocycles. The van der Waals surface area contributed by atoms with Crippen LogP contribution >= 0.6 is 0 Å². The molecule has 0 unspecified atom stereocenters. The summed E-state index contributed by atoms with van der Waals surface area (Å²) in [5.74, 6) is -0.982. The van der Waals surface area contributed by atoms with Crippen molar-refractivity contribution in [3.8, 4) is 0 Å². The molecule has 0 aromatic carbocycles. The van der Waals surface area contributed by atoms with Crippen molar-refractivity contribution in [3.05, 3.63) is 24.0 Å². The molecule has 0 spiro atoms. The Bertz CT molecular complexity index is 675. The second kappa shape index (κ2) is 8.17. The van der Waals surface area contributed by atoms with Gasteiger partial charge in [-0.15, -0.1) is 0 Å². The van der Waals surface area contributed by atoms with Gasteiger partial charge in [0, 0.05) is 0 Å². The lowest BCUT2D eigenvalue weighted by Gasteiger charge is -2.43. The molecule has 0 radical (unpaired) electrons. The van der Waals surface area contributed by atoms with Crippen molar-refractivity contribution in [2.75, 3.05) is 13.2 Å². The number of carbonyl (C=O) groups is 1. The van der Waals surface area contributed by atoms with E-state index >= 15 is 0 Å². The molecule has 7 heteroatoms. The van der Waals surface area contributed by atoms with Gasteiger partial charge in [-0.3, -0.25) is 4.79 Å². The molecule has 29 heavy (non-hydrogen) atoms. The molecule has 0 aromatic rings. The number of aliphatic hydroxyl groups is 1. The molecule has 0 saturated carbocycles. The molecule has 2 rings (SSSR count). The molecule has 1 aliphatic heterocycles. The highest BCUT2D eigenvalue weighted by atomic mass is 28.4. The van der Waals surface area contributed by atoms with Gasteiger partial charge in [0.25, 0.3) is 0 Å². The lowest BCUT2D eigenvalue weighted by molar-refractivity contribution is -0.180. The van der Waals surface area contributed by atoms with Crippen molar-refractivity contribution >= 4 is 14.3 Å². The van der Waals surface area contributed by atoms with E-state index in [4.69, 9.17) is 18.6 Å². The Kier molecular flexibility index (Phi) is 6.80. The van der Waals surface area contributed by atoms with Crippen molar-refractivity contribution in [2.45, 2.75) is 84.6 Å². The number of ether oxygens (including phenoxy) is 3. The molecule has 166 valence electrons. The summed E-state index contributed by atoms with van der Waals surface area (Å²) in [7, 11) is -2.13. The average Bonchev–Trinajstić information content (AvgIpc) is 2.95. The Balaban J connectivity index is 2.47. The molecule has 1 saturated heterocycles. The quantitative estimate of drug-likeness (QED) is 0.508. The lowest BCUT2D eigenvalue weighted by Crippen LogP contribution is -2.54. The fourth-order valence-corrected chi connectivity index (χ4v) is 4.50. The summed E-state index contributed by atoms with van der Waals surface area (Å²) in [4.78, 5) is 13.2. The van der Waals surface area contributed by atoms with E-state index in [9.17, 15) is 9.90 Å². The molecule has 1 N–H and O–H groups in total. The predicted octanol–water partition coefficient (Wildman–Crippen LogP) is 4.16. The second-order valence-electron chi connectivity index (χ2n) is 10.0. The molecule has 0 aromatic heterocycles. The molecule has 1 fully saturated rings. The first kappa shape index (κ1) is 24.1. The van der Waals surface area contributed by atoms with E-state index in [0.29, 0.717) is 5.76 Å². The second-order valence-corrected chi connectivity index (χ2v) is 14.7. The van der Waals surface area contributed by atoms with Crippen molar-refractivity contribution in [2.24, 2.45) is 11.3 Å². The summed E-state index contributed by atoms with van der Waals surface area (Å²) in [5.41, 5.74) is -1.31. The van der Waals surface area contributed by atoms with Crippen LogP contribution in [0.2, 0.25) is 18.1 Å². The minimum Gasteiger partial charge on any atom is -0.544 e. The van der Waals surface area contributed by atoms with Crippen LogP contribution in [-0.4, -0.2) is 50.6 Å². The number of rotatable bonds is 6. The molecule has 2 aliphatic rings. The van der Waals surface area contributed by atoms with Gasteiger partial charge >= 0.3 is 5.97 Å². The fourth-order valence-electron chi connectivity index (χ4n) is 3.48. The Morgan fingerprint density at radius 3 is 2.48 bits per heavy atom. The highest BCUT2D eigenvalue weighted by molar-refractivity contribution is 6.74. The van der Waals surface area contributed by atoms with E-state index in [0.717, 1.165) is 0 Å². The normalized spacial score (nSPS) is 30.6. The van der Waals surface area contributed by atoms with Gasteiger partial charge in [0.05, 0.1) is 19.0 Å². The fraction of sp³-hybridized carbons (Fsp3) is 0.773. The first-order valence-corrected chi connectivity index (χ1v) is 13.3. The summed E-state index contributed by atoms with van der Waals surface area (Å²) in [6.07, 6.45) is 3.76. The Morgan fingerprint density at radius 1 is 1.38 bits per heavy atom. The number of aliphatic hydroxyl groups excluding tert-OH is 1. The van der Waals surface area contributed by atoms with Gasteiger partial charge in [-0.25, -0.2) is 0 Å². The zero-order valence-electron chi connectivity index (χ0n) is 19.4. The summed E-state index contributed by atoms with van der Waals surface area (Å²) < 4.78 is 23.4. The minimum absolute atomic E-state index is 0.00236. The van der Waals surface area contributed by atoms with Gasteiger partial charge in [0.15, 0.2) is 5.79 Å². The molecule has 1 aliphatic carbocycles. The third-order valence-corrected chi connectivity index (χ3v) is 10.7. The maximum atomic E-state index is 13.2. The van der Waals surface area contributed by atoms with Crippen LogP contribution in [0.3, 0.4) is 0 Å². The van der Waals surface area contributed by atoms with E-state index in [1.54, 1.807) is 26.8 Å². The zero-order valence-corrected chi connectivity index (χ0v) is 20.4. The van der Waals surface area contributed by atoms with E-state index in [1.165, 1.54) is 0 Å². The smallest absolute Gasteiger partial charge is 0.319 e. The van der Waals surface area contributed by atoms with Crippen LogP contribution in [0.1, 0.15) is 48.5 Å². The predicted molar refractivity (Wildman–Crippen MR) is 115 cm³/mol. The maximum Gasteiger partial charge on any atom is 0.319 e. The molecule has 6 nitrogen and oxygen atoms in total. The SMILES string of the molecule is CCOC(=O)[C@@]1([C@H](O)[C@H]2COC(C)(C)O2)C=C(O[Si](C)(C)C(C)(C)C)C=C[C@H]1C. The van der Waals surface area contributed by atoms with Gasteiger partial charge in [-0.1, -0.05) is 33.8 Å². The van der Waals surface area contributed by atoms with Crippen LogP contribution < -0.4 is 0 Å². The van der Waals surface area contributed by atoms with Crippen LogP contribution in [0.5, 0.6) is 0 Å². The van der Waals surface area contributed by atoms with Crippen LogP contribution in [0.4, 0.5) is 0 Å². The topological polar surface area (TPSA) is 74.2 Å². The minimum atomic E-state index is -2.13. The molecule has 4 atom stereocenters. The number of esters is 1. The third kappa shape index (κ3) is 4.79. The molecular formula is C22H38O6Si. The first-order valence-electron chi connectivity index (χ1n) is 10.4. The van der Waals surface area contributed by atoms with Crippen molar-refractivity contribution in [3.63, 3.8) is 0 Å². The summed E-state index contributed by atoms with van der Waals surface area (Å²) in [6.45, 7) is 18.5. The summed E-state index contributed by atoms with van der Waals surface area (Å²) in [5, 5.41) is 11.4. The molecule has 0 bridgehead atoms. The van der Waals surface area contributed by atoms with E-state index < -0.39 is 37.7 Å². The summed E-state index contributed by atoms with van der Waals surface area (Å²) >= 11 is 0. The Morgan fingerprint density at radius 2 is 2.00 bits per heavy atom. The van der Waals surface area contributed by atoms with Gasteiger partial charge < -0.3 is 23.7 Å². The van der Waals surface area contributed by atoms with E-state index in [-0.39, 0.29) is 24.2 Å². The zero-order chi connectivity index (χ0) is 22.3. The van der Waals surface area contributed by atoms with Crippen molar-refractivity contribution < 1.29 is 28.5 Å². The van der Waals surface area contributed by atoms with Crippen LogP contribution in [0, 0.1) is 11.3 Å². The monoisotopic (exact) mass is 426 g/mol.